The summed E-state index contributed by atoms with van der Waals surface area (Å²) in [4.78, 5) is -0.00266. The number of alkyl halides is 3. The van der Waals surface area contributed by atoms with Crippen molar-refractivity contribution >= 4 is 15.7 Å². The molecule has 19 heavy (non-hydrogen) atoms. The highest BCUT2D eigenvalue weighted by molar-refractivity contribution is 7.89. The second-order valence-electron chi connectivity index (χ2n) is 4.26. The highest BCUT2D eigenvalue weighted by Gasteiger charge is 2.27. The summed E-state index contributed by atoms with van der Waals surface area (Å²) in [6, 6.07) is 4.50. The summed E-state index contributed by atoms with van der Waals surface area (Å²) in [6.07, 6.45) is -4.84. The largest absolute Gasteiger partial charge is 0.390 e. The molecule has 0 aromatic heterocycles. The van der Waals surface area contributed by atoms with Crippen molar-refractivity contribution in [3.63, 3.8) is 0 Å². The molecule has 0 unspecified atom stereocenters. The molecule has 1 heterocycles. The molecular weight excluding hydrogens is 281 g/mol. The molecule has 0 amide bonds. The van der Waals surface area contributed by atoms with Crippen LogP contribution in [0.2, 0.25) is 0 Å². The Kier molecular flexibility index (Phi) is 3.73. The van der Waals surface area contributed by atoms with Gasteiger partial charge in [0.25, 0.3) is 0 Å². The van der Waals surface area contributed by atoms with E-state index in [0.29, 0.717) is 6.42 Å². The lowest BCUT2D eigenvalue weighted by Crippen LogP contribution is -2.28. The van der Waals surface area contributed by atoms with Gasteiger partial charge >= 0.3 is 6.18 Å². The maximum absolute atomic E-state index is 12.0. The van der Waals surface area contributed by atoms with E-state index in [-0.39, 0.29) is 4.90 Å². The lowest BCUT2D eigenvalue weighted by atomic mass is 10.2. The van der Waals surface area contributed by atoms with Crippen LogP contribution in [0, 0.1) is 0 Å². The number of hydrogen-bond donors (Lipinski definition) is 2. The molecule has 0 radical (unpaired) electrons. The van der Waals surface area contributed by atoms with Crippen LogP contribution in [-0.2, 0) is 16.4 Å². The van der Waals surface area contributed by atoms with Crippen LogP contribution in [0.3, 0.4) is 0 Å². The molecule has 0 bridgehead atoms. The predicted octanol–water partition coefficient (Wildman–Crippen LogP) is 1.89. The van der Waals surface area contributed by atoms with Crippen LogP contribution in [0.25, 0.3) is 0 Å². The van der Waals surface area contributed by atoms with E-state index in [4.69, 9.17) is 0 Å². The summed E-state index contributed by atoms with van der Waals surface area (Å²) in [7, 11) is -3.88. The zero-order valence-electron chi connectivity index (χ0n) is 9.92. The van der Waals surface area contributed by atoms with Crippen molar-refractivity contribution in [1.29, 1.82) is 0 Å². The minimum Gasteiger partial charge on any atom is -0.384 e. The quantitative estimate of drug-likeness (QED) is 0.891. The number of rotatable bonds is 4. The van der Waals surface area contributed by atoms with Gasteiger partial charge < -0.3 is 5.32 Å². The van der Waals surface area contributed by atoms with E-state index in [1.807, 2.05) is 4.72 Å². The standard InChI is InChI=1S/C11H13F3N2O2S/c12-11(13,14)4-6-16-19(17,18)9-1-2-10-8(7-9)3-5-15-10/h1-2,7,15-16H,3-6H2. The Bertz CT molecular complexity index is 570. The highest BCUT2D eigenvalue weighted by Crippen LogP contribution is 2.25. The molecule has 106 valence electrons. The van der Waals surface area contributed by atoms with Crippen molar-refractivity contribution in [2.45, 2.75) is 23.9 Å². The smallest absolute Gasteiger partial charge is 0.384 e. The second-order valence-corrected chi connectivity index (χ2v) is 6.03. The van der Waals surface area contributed by atoms with Gasteiger partial charge in [-0.1, -0.05) is 0 Å². The molecule has 1 aromatic rings. The third-order valence-corrected chi connectivity index (χ3v) is 4.26. The van der Waals surface area contributed by atoms with Crippen LogP contribution >= 0.6 is 0 Å². The van der Waals surface area contributed by atoms with Gasteiger partial charge in [-0.15, -0.1) is 0 Å². The van der Waals surface area contributed by atoms with Gasteiger partial charge in [0.05, 0.1) is 11.3 Å². The monoisotopic (exact) mass is 294 g/mol. The molecule has 2 rings (SSSR count). The topological polar surface area (TPSA) is 58.2 Å². The first-order chi connectivity index (χ1) is 8.78. The first-order valence-corrected chi connectivity index (χ1v) is 7.19. The Labute approximate surface area is 109 Å². The summed E-state index contributed by atoms with van der Waals surface area (Å²) < 4.78 is 61.5. The lowest BCUT2D eigenvalue weighted by molar-refractivity contribution is -0.132. The molecule has 0 spiro atoms. The van der Waals surface area contributed by atoms with E-state index in [9.17, 15) is 21.6 Å². The van der Waals surface area contributed by atoms with Crippen molar-refractivity contribution in [2.24, 2.45) is 0 Å². The van der Waals surface area contributed by atoms with Gasteiger partial charge in [0.1, 0.15) is 0 Å². The van der Waals surface area contributed by atoms with E-state index >= 15 is 0 Å². The second kappa shape index (κ2) is 5.01. The molecule has 1 aliphatic heterocycles. The maximum Gasteiger partial charge on any atom is 0.390 e. The van der Waals surface area contributed by atoms with Crippen LogP contribution in [0.15, 0.2) is 23.1 Å². The summed E-state index contributed by atoms with van der Waals surface area (Å²) in [5.41, 5.74) is 1.73. The summed E-state index contributed by atoms with van der Waals surface area (Å²) in [5.74, 6) is 0. The van der Waals surface area contributed by atoms with Gasteiger partial charge in [0.2, 0.25) is 10.0 Å². The van der Waals surface area contributed by atoms with Gasteiger partial charge in [-0.2, -0.15) is 13.2 Å². The van der Waals surface area contributed by atoms with Gasteiger partial charge in [0, 0.05) is 18.8 Å². The average Bonchev–Trinajstić information content (AvgIpc) is 2.73. The average molecular weight is 294 g/mol. The van der Waals surface area contributed by atoms with Crippen LogP contribution < -0.4 is 10.0 Å². The lowest BCUT2D eigenvalue weighted by Gasteiger charge is -2.09. The number of anilines is 1. The van der Waals surface area contributed by atoms with E-state index < -0.39 is 29.2 Å². The van der Waals surface area contributed by atoms with Crippen molar-refractivity contribution in [2.75, 3.05) is 18.4 Å². The molecule has 0 atom stereocenters. The normalized spacial score (nSPS) is 15.1. The van der Waals surface area contributed by atoms with E-state index in [2.05, 4.69) is 5.32 Å². The van der Waals surface area contributed by atoms with Crippen molar-refractivity contribution < 1.29 is 21.6 Å². The highest BCUT2D eigenvalue weighted by atomic mass is 32.2. The van der Waals surface area contributed by atoms with Gasteiger partial charge in [-0.25, -0.2) is 13.1 Å². The predicted molar refractivity (Wildman–Crippen MR) is 64.5 cm³/mol. The number of sulfonamides is 1. The van der Waals surface area contributed by atoms with Crippen LogP contribution in [0.4, 0.5) is 18.9 Å². The number of halogens is 3. The maximum atomic E-state index is 12.0. The fourth-order valence-corrected chi connectivity index (χ4v) is 2.94. The molecule has 8 heteroatoms. The van der Waals surface area contributed by atoms with Gasteiger partial charge in [0.15, 0.2) is 0 Å². The Morgan fingerprint density at radius 2 is 2.05 bits per heavy atom. The first-order valence-electron chi connectivity index (χ1n) is 5.71. The summed E-state index contributed by atoms with van der Waals surface area (Å²) in [6.45, 7) is 0.0848. The first kappa shape index (κ1) is 14.1. The number of fused-ring (bicyclic) bond motifs is 1. The zero-order chi connectivity index (χ0) is 14.1. The molecule has 0 saturated carbocycles. The van der Waals surface area contributed by atoms with Crippen LogP contribution in [-0.4, -0.2) is 27.7 Å². The number of hydrogen-bond acceptors (Lipinski definition) is 3. The summed E-state index contributed by atoms with van der Waals surface area (Å²) >= 11 is 0. The van der Waals surface area contributed by atoms with Gasteiger partial charge in [-0.3, -0.25) is 0 Å². The minimum atomic E-state index is -4.37. The van der Waals surface area contributed by atoms with E-state index in [0.717, 1.165) is 17.8 Å². The van der Waals surface area contributed by atoms with Gasteiger partial charge in [-0.05, 0) is 30.2 Å². The summed E-state index contributed by atoms with van der Waals surface area (Å²) in [5, 5.41) is 3.08. The molecule has 0 saturated heterocycles. The Morgan fingerprint density at radius 1 is 1.32 bits per heavy atom. The molecule has 0 aliphatic carbocycles. The molecule has 0 fully saturated rings. The Balaban J connectivity index is 2.07. The fraction of sp³-hybridized carbons (Fsp3) is 0.455. The third-order valence-electron chi connectivity index (χ3n) is 2.80. The number of benzene rings is 1. The van der Waals surface area contributed by atoms with Crippen LogP contribution in [0.1, 0.15) is 12.0 Å². The molecule has 1 aromatic carbocycles. The third kappa shape index (κ3) is 3.60. The van der Waals surface area contributed by atoms with E-state index in [1.54, 1.807) is 6.07 Å². The Hall–Kier alpha value is -1.28. The zero-order valence-corrected chi connectivity index (χ0v) is 10.7. The van der Waals surface area contributed by atoms with Crippen molar-refractivity contribution in [3.05, 3.63) is 23.8 Å². The molecule has 2 N–H and O–H groups in total. The molecule has 4 nitrogen and oxygen atoms in total. The molecule has 1 aliphatic rings. The van der Waals surface area contributed by atoms with E-state index in [1.165, 1.54) is 12.1 Å². The van der Waals surface area contributed by atoms with Crippen LogP contribution in [0.5, 0.6) is 0 Å². The fourth-order valence-electron chi connectivity index (χ4n) is 1.86. The molecular formula is C11H13F3N2O2S. The minimum absolute atomic E-state index is 0.00266. The Morgan fingerprint density at radius 3 is 2.74 bits per heavy atom. The SMILES string of the molecule is O=S(=O)(NCCC(F)(F)F)c1ccc2c(c1)CCN2. The van der Waals surface area contributed by atoms with Crippen molar-refractivity contribution in [3.8, 4) is 0 Å². The van der Waals surface area contributed by atoms with Crippen molar-refractivity contribution in [1.82, 2.24) is 4.72 Å². The number of nitrogens with one attached hydrogen (secondary N) is 2.